The summed E-state index contributed by atoms with van der Waals surface area (Å²) in [5.41, 5.74) is 9.45. The lowest BCUT2D eigenvalue weighted by atomic mass is 10.0. The average molecular weight is 955 g/mol. The summed E-state index contributed by atoms with van der Waals surface area (Å²) in [5, 5.41) is 20.8. The maximum absolute atomic E-state index is 14.7. The number of amides is 2. The normalized spacial score (nSPS) is 13.2. The summed E-state index contributed by atoms with van der Waals surface area (Å²) in [6, 6.07) is 19.9. The summed E-state index contributed by atoms with van der Waals surface area (Å²) in [5.74, 6) is -4.56. The number of anilines is 2. The summed E-state index contributed by atoms with van der Waals surface area (Å²) >= 11 is 1.11. The third-order valence-electron chi connectivity index (χ3n) is 11.3. The fraction of sp³-hybridized carbons (Fsp3) is 0.250. The number of ether oxygens (including phenoxy) is 2. The molecule has 2 aliphatic rings. The Morgan fingerprint density at radius 1 is 0.662 bits per heavy atom. The van der Waals surface area contributed by atoms with Crippen LogP contribution in [-0.2, 0) is 0 Å². The van der Waals surface area contributed by atoms with Gasteiger partial charge in [0, 0.05) is 20.0 Å². The Balaban J connectivity index is 0.000000201. The van der Waals surface area contributed by atoms with Crippen LogP contribution in [-0.4, -0.2) is 67.5 Å². The van der Waals surface area contributed by atoms with E-state index in [2.05, 4.69) is 31.2 Å². The van der Waals surface area contributed by atoms with Crippen molar-refractivity contribution in [3.8, 4) is 33.8 Å². The number of thiazole rings is 1. The first-order chi connectivity index (χ1) is 32.6. The molecular weight excluding hydrogens is 908 g/mol. The second-order valence-corrected chi connectivity index (χ2v) is 17.6. The predicted octanol–water partition coefficient (Wildman–Crippen LogP) is 9.99. The number of hydrazine groups is 2. The van der Waals surface area contributed by atoms with Crippen LogP contribution in [0, 0.1) is 42.9 Å². The minimum atomic E-state index is -1.28. The van der Waals surface area contributed by atoms with Gasteiger partial charge in [-0.2, -0.15) is 10.2 Å². The molecule has 0 atom stereocenters. The number of carbonyl (C=O) groups excluding carboxylic acids is 2. The van der Waals surface area contributed by atoms with Crippen LogP contribution >= 0.6 is 11.3 Å². The Kier molecular flexibility index (Phi) is 12.2. The number of fused-ring (bicyclic) bond motifs is 4. The zero-order valence-corrected chi connectivity index (χ0v) is 38.3. The summed E-state index contributed by atoms with van der Waals surface area (Å²) in [6.45, 7) is 12.6. The molecule has 354 valence electrons. The molecule has 0 radical (unpaired) electrons. The van der Waals surface area contributed by atoms with E-state index in [-0.39, 0.29) is 54.2 Å². The molecule has 0 saturated heterocycles. The number of carbonyl (C=O) groups is 2. The van der Waals surface area contributed by atoms with E-state index in [1.807, 2.05) is 76.2 Å². The molecule has 4 aromatic carbocycles. The minimum absolute atomic E-state index is 0. The number of nitrogens with zero attached hydrogens (tertiary/aromatic N) is 8. The summed E-state index contributed by atoms with van der Waals surface area (Å²) < 4.78 is 86.0. The predicted molar refractivity (Wildman–Crippen MR) is 250 cm³/mol. The van der Waals surface area contributed by atoms with Crippen LogP contribution < -0.4 is 30.3 Å². The van der Waals surface area contributed by atoms with Crippen molar-refractivity contribution in [1.82, 2.24) is 40.3 Å². The van der Waals surface area contributed by atoms with E-state index in [0.29, 0.717) is 76.4 Å². The van der Waals surface area contributed by atoms with Gasteiger partial charge in [-0.1, -0.05) is 58.0 Å². The molecule has 20 heteroatoms. The van der Waals surface area contributed by atoms with Gasteiger partial charge in [0.2, 0.25) is 0 Å². The Morgan fingerprint density at radius 3 is 1.82 bits per heavy atom. The highest BCUT2D eigenvalue weighted by Crippen LogP contribution is 2.40. The summed E-state index contributed by atoms with van der Waals surface area (Å²) in [4.78, 5) is 27.5. The fourth-order valence-electron chi connectivity index (χ4n) is 8.38. The Morgan fingerprint density at radius 2 is 1.22 bits per heavy atom. The van der Waals surface area contributed by atoms with E-state index in [4.69, 9.17) is 9.47 Å². The molecule has 0 unspecified atom stereocenters. The number of nitrogens with one attached hydrogen (secondary N) is 2. The molecule has 0 fully saturated rings. The molecule has 4 aromatic heterocycles. The highest BCUT2D eigenvalue weighted by molar-refractivity contribution is 7.20. The SMILES string of the molecule is Cc1nn2c(C(C)C)c(C(=O)NN3CCOc4ccccc43)nnc2c1-c1c(F)cccc1F.Cc1nn2c(C(C)C)c(C(=O)NN3CCOc4ccccc43)sc2c1-c1cc(F)cc(F)c1F.[HH].[HH]. The van der Waals surface area contributed by atoms with Gasteiger partial charge in [-0.3, -0.25) is 30.5 Å². The van der Waals surface area contributed by atoms with Gasteiger partial charge >= 0.3 is 0 Å². The van der Waals surface area contributed by atoms with Crippen LogP contribution in [0.2, 0.25) is 0 Å². The molecule has 2 aliphatic heterocycles. The smallest absolute Gasteiger partial charge is 0.292 e. The standard InChI is InChI=1S/C24H21F3N4O2S.C24H22F2N6O2.2H2/c1-12(2)21-22(23(32)29-30-8-9-33-18-7-5-4-6-17(18)30)34-24-19(13(3)28-31(21)24)15-10-14(25)11-16(26)20(15)27;1-13(2)22-21(24(33)30-31-11-12-34-18-10-5-4-9-17(18)31)27-28-23-19(14(3)29-32(22)23)20-15(25)7-6-8-16(20)26;;/h4-7,10-12H,8-9H2,1-3H3,(H,29,32);4-10,13H,11-12H2,1-3H3,(H,30,33);2*1H. The summed E-state index contributed by atoms with van der Waals surface area (Å²) in [6.07, 6.45) is 0. The zero-order chi connectivity index (χ0) is 48.1. The number of rotatable bonds is 8. The van der Waals surface area contributed by atoms with Gasteiger partial charge in [0.25, 0.3) is 11.8 Å². The third kappa shape index (κ3) is 8.17. The van der Waals surface area contributed by atoms with Crippen molar-refractivity contribution in [1.29, 1.82) is 0 Å². The van der Waals surface area contributed by atoms with Crippen molar-refractivity contribution in [2.75, 3.05) is 36.3 Å². The van der Waals surface area contributed by atoms with Gasteiger partial charge in [0.15, 0.2) is 23.0 Å². The highest BCUT2D eigenvalue weighted by Gasteiger charge is 2.31. The number of hydrogen-bond donors (Lipinski definition) is 2. The van der Waals surface area contributed by atoms with Gasteiger partial charge in [0.1, 0.15) is 51.9 Å². The van der Waals surface area contributed by atoms with E-state index in [0.717, 1.165) is 28.8 Å². The topological polar surface area (TPSA) is 144 Å². The first-order valence-corrected chi connectivity index (χ1v) is 22.4. The van der Waals surface area contributed by atoms with Crippen LogP contribution in [0.4, 0.5) is 33.3 Å². The van der Waals surface area contributed by atoms with Gasteiger partial charge < -0.3 is 9.47 Å². The molecular formula is C48H47F5N10O4S. The average Bonchev–Trinajstić information content (AvgIpc) is 3.95. The third-order valence-corrected chi connectivity index (χ3v) is 12.5. The van der Waals surface area contributed by atoms with Crippen LogP contribution in [0.15, 0.2) is 78.9 Å². The van der Waals surface area contributed by atoms with Gasteiger partial charge in [-0.25, -0.2) is 31.0 Å². The molecule has 68 heavy (non-hydrogen) atoms. The Bertz CT molecular complexity index is 3270. The largest absolute Gasteiger partial charge is 0.489 e. The van der Waals surface area contributed by atoms with E-state index >= 15 is 0 Å². The molecule has 14 nitrogen and oxygen atoms in total. The number of aromatic nitrogens is 6. The first-order valence-electron chi connectivity index (χ1n) is 21.6. The minimum Gasteiger partial charge on any atom is -0.489 e. The molecule has 10 rings (SSSR count). The van der Waals surface area contributed by atoms with Gasteiger partial charge in [-0.05, 0) is 68.1 Å². The Hall–Kier alpha value is -7.61. The quantitative estimate of drug-likeness (QED) is 0.112. The second-order valence-electron chi connectivity index (χ2n) is 16.6. The summed E-state index contributed by atoms with van der Waals surface area (Å²) in [7, 11) is 0. The number of aryl methyl sites for hydroxylation is 2. The van der Waals surface area contributed by atoms with Crippen molar-refractivity contribution in [2.24, 2.45) is 0 Å². The molecule has 0 spiro atoms. The van der Waals surface area contributed by atoms with Crippen LogP contribution in [0.3, 0.4) is 0 Å². The van der Waals surface area contributed by atoms with Crippen molar-refractivity contribution in [2.45, 2.75) is 53.4 Å². The van der Waals surface area contributed by atoms with E-state index in [1.165, 1.54) is 22.7 Å². The van der Waals surface area contributed by atoms with Crippen LogP contribution in [0.1, 0.15) is 85.3 Å². The zero-order valence-electron chi connectivity index (χ0n) is 37.5. The molecule has 0 bridgehead atoms. The van der Waals surface area contributed by atoms with Gasteiger partial charge in [0.05, 0.1) is 58.4 Å². The molecule has 0 saturated carbocycles. The van der Waals surface area contributed by atoms with Crippen molar-refractivity contribution >= 4 is 45.0 Å². The number of para-hydroxylation sites is 4. The maximum atomic E-state index is 14.7. The maximum Gasteiger partial charge on any atom is 0.292 e. The monoisotopic (exact) mass is 954 g/mol. The number of halogens is 5. The molecule has 8 aromatic rings. The number of hydrogen-bond acceptors (Lipinski definition) is 11. The van der Waals surface area contributed by atoms with E-state index < -0.39 is 35.0 Å². The highest BCUT2D eigenvalue weighted by atomic mass is 32.1. The molecule has 6 heterocycles. The van der Waals surface area contributed by atoms with Crippen LogP contribution in [0.25, 0.3) is 32.7 Å². The van der Waals surface area contributed by atoms with Crippen molar-refractivity contribution < 1.29 is 43.9 Å². The Labute approximate surface area is 392 Å². The van der Waals surface area contributed by atoms with Gasteiger partial charge in [-0.15, -0.1) is 21.5 Å². The number of benzene rings is 4. The molecule has 2 N–H and O–H groups in total. The molecule has 2 amide bonds. The van der Waals surface area contributed by atoms with Crippen LogP contribution in [0.5, 0.6) is 11.5 Å². The lowest BCUT2D eigenvalue weighted by molar-refractivity contribution is 0.0931. The van der Waals surface area contributed by atoms with Crippen molar-refractivity contribution in [3.63, 3.8) is 0 Å². The fourth-order valence-corrected chi connectivity index (χ4v) is 9.72. The second kappa shape index (κ2) is 18.2. The van der Waals surface area contributed by atoms with E-state index in [9.17, 15) is 31.5 Å². The lowest BCUT2D eigenvalue weighted by Crippen LogP contribution is -2.47. The lowest BCUT2D eigenvalue weighted by Gasteiger charge is -2.31. The first kappa shape index (κ1) is 45.5. The molecule has 0 aliphatic carbocycles. The van der Waals surface area contributed by atoms with Crippen molar-refractivity contribution in [3.05, 3.63) is 141 Å². The van der Waals surface area contributed by atoms with E-state index in [1.54, 1.807) is 28.4 Å².